The number of nitro groups is 1. The van der Waals surface area contributed by atoms with Crippen molar-refractivity contribution in [2.75, 3.05) is 4.90 Å². The van der Waals surface area contributed by atoms with Crippen LogP contribution in [-0.2, 0) is 4.79 Å². The van der Waals surface area contributed by atoms with Crippen molar-refractivity contribution in [1.29, 1.82) is 0 Å². The lowest BCUT2D eigenvalue weighted by Gasteiger charge is -2.18. The van der Waals surface area contributed by atoms with Gasteiger partial charge in [0.1, 0.15) is 11.5 Å². The average molecular weight is 422 g/mol. The van der Waals surface area contributed by atoms with Gasteiger partial charge in [-0.25, -0.2) is 9.38 Å². The topological polar surface area (TPSA) is 75.8 Å². The van der Waals surface area contributed by atoms with Crippen molar-refractivity contribution in [2.24, 2.45) is 4.99 Å². The number of carbonyl (C=O) groups is 1. The number of amides is 1. The van der Waals surface area contributed by atoms with Crippen LogP contribution in [0.2, 0.25) is 5.02 Å². The van der Waals surface area contributed by atoms with Crippen molar-refractivity contribution in [1.82, 2.24) is 0 Å². The fraction of sp³-hybridized carbons (Fsp3) is 0. The minimum absolute atomic E-state index is 0.0440. The van der Waals surface area contributed by atoms with Gasteiger partial charge in [-0.15, -0.1) is 0 Å². The molecule has 8 heteroatoms. The fourth-order valence-electron chi connectivity index (χ4n) is 3.09. The molecule has 0 aliphatic carbocycles. The number of nitro benzene ring substituents is 1. The molecule has 0 N–H and O–H groups in total. The zero-order valence-corrected chi connectivity index (χ0v) is 16.1. The van der Waals surface area contributed by atoms with E-state index in [1.165, 1.54) is 47.4 Å². The minimum atomic E-state index is -0.546. The number of rotatable bonds is 4. The number of hydrogen-bond donors (Lipinski definition) is 0. The second-order valence-corrected chi connectivity index (χ2v) is 6.81. The molecule has 3 aromatic carbocycles. The lowest BCUT2D eigenvalue weighted by molar-refractivity contribution is -0.385. The maximum absolute atomic E-state index is 14.5. The second kappa shape index (κ2) is 7.88. The summed E-state index contributed by atoms with van der Waals surface area (Å²) in [5, 5.41) is 11.8. The quantitative estimate of drug-likeness (QED) is 0.329. The highest BCUT2D eigenvalue weighted by atomic mass is 35.5. The summed E-state index contributed by atoms with van der Waals surface area (Å²) in [6.45, 7) is 0. The third-order valence-corrected chi connectivity index (χ3v) is 4.74. The Morgan fingerprint density at radius 1 is 1.00 bits per heavy atom. The van der Waals surface area contributed by atoms with E-state index in [1.54, 1.807) is 36.4 Å². The zero-order chi connectivity index (χ0) is 21.3. The summed E-state index contributed by atoms with van der Waals surface area (Å²) in [6, 6.07) is 18.4. The van der Waals surface area contributed by atoms with E-state index >= 15 is 0 Å². The van der Waals surface area contributed by atoms with Crippen molar-refractivity contribution in [2.45, 2.75) is 0 Å². The number of anilines is 1. The van der Waals surface area contributed by atoms with Gasteiger partial charge in [0.2, 0.25) is 0 Å². The lowest BCUT2D eigenvalue weighted by atomic mass is 10.1. The highest BCUT2D eigenvalue weighted by Crippen LogP contribution is 2.31. The Morgan fingerprint density at radius 2 is 1.67 bits per heavy atom. The van der Waals surface area contributed by atoms with Crippen LogP contribution in [0.15, 0.2) is 83.5 Å². The molecule has 1 amide bonds. The smallest absolute Gasteiger partial charge is 0.266 e. The molecule has 3 aromatic rings. The van der Waals surface area contributed by atoms with Gasteiger partial charge in [-0.2, -0.15) is 0 Å². The van der Waals surface area contributed by atoms with Gasteiger partial charge in [0.15, 0.2) is 5.84 Å². The van der Waals surface area contributed by atoms with Crippen LogP contribution in [0.4, 0.5) is 15.8 Å². The molecule has 0 unspecified atom stereocenters. The highest BCUT2D eigenvalue weighted by molar-refractivity contribution is 6.34. The van der Waals surface area contributed by atoms with E-state index in [0.29, 0.717) is 10.7 Å². The van der Waals surface area contributed by atoms with Crippen LogP contribution in [-0.4, -0.2) is 16.7 Å². The van der Waals surface area contributed by atoms with E-state index in [9.17, 15) is 19.3 Å². The number of halogens is 2. The molecule has 4 rings (SSSR count). The first-order valence-corrected chi connectivity index (χ1v) is 9.22. The normalized spacial score (nSPS) is 14.9. The molecule has 1 heterocycles. The molecular weight excluding hydrogens is 409 g/mol. The van der Waals surface area contributed by atoms with E-state index in [0.717, 1.165) is 0 Å². The monoisotopic (exact) mass is 421 g/mol. The summed E-state index contributed by atoms with van der Waals surface area (Å²) in [7, 11) is 0. The van der Waals surface area contributed by atoms with E-state index in [-0.39, 0.29) is 28.3 Å². The molecule has 0 radical (unpaired) electrons. The summed E-state index contributed by atoms with van der Waals surface area (Å²) in [5.74, 6) is -0.992. The van der Waals surface area contributed by atoms with Crippen molar-refractivity contribution in [3.8, 4) is 0 Å². The predicted molar refractivity (Wildman–Crippen MR) is 113 cm³/mol. The molecule has 0 saturated carbocycles. The average Bonchev–Trinajstić information content (AvgIpc) is 3.05. The molecule has 1 aliphatic rings. The number of nitrogens with zero attached hydrogens (tertiary/aromatic N) is 3. The molecule has 1 aliphatic heterocycles. The van der Waals surface area contributed by atoms with Gasteiger partial charge in [-0.1, -0.05) is 35.9 Å². The number of carbonyl (C=O) groups excluding carboxylic acids is 1. The van der Waals surface area contributed by atoms with Gasteiger partial charge in [0, 0.05) is 11.1 Å². The van der Waals surface area contributed by atoms with Crippen molar-refractivity contribution >= 4 is 40.8 Å². The summed E-state index contributed by atoms with van der Waals surface area (Å²) >= 11 is 5.95. The first kappa shape index (κ1) is 19.5. The number of hydrogen-bond acceptors (Lipinski definition) is 4. The zero-order valence-electron chi connectivity index (χ0n) is 15.3. The lowest BCUT2D eigenvalue weighted by Crippen LogP contribution is -2.33. The van der Waals surface area contributed by atoms with Crippen LogP contribution < -0.4 is 4.90 Å². The van der Waals surface area contributed by atoms with Gasteiger partial charge in [0.05, 0.1) is 21.7 Å². The Hall–Kier alpha value is -3.84. The summed E-state index contributed by atoms with van der Waals surface area (Å²) in [4.78, 5) is 29.6. The predicted octanol–water partition coefficient (Wildman–Crippen LogP) is 5.22. The Bertz CT molecular complexity index is 1220. The molecule has 148 valence electrons. The molecule has 0 spiro atoms. The first-order chi connectivity index (χ1) is 14.5. The molecule has 6 nitrogen and oxygen atoms in total. The Morgan fingerprint density at radius 3 is 2.37 bits per heavy atom. The summed E-state index contributed by atoms with van der Waals surface area (Å²) in [5.41, 5.74) is 0.590. The Balaban J connectivity index is 1.88. The molecular formula is C22H13ClFN3O3. The van der Waals surface area contributed by atoms with E-state index < -0.39 is 16.6 Å². The third kappa shape index (κ3) is 3.58. The van der Waals surface area contributed by atoms with Crippen LogP contribution in [0, 0.1) is 15.9 Å². The van der Waals surface area contributed by atoms with Crippen molar-refractivity contribution in [3.05, 3.63) is 111 Å². The maximum Gasteiger partial charge on any atom is 0.282 e. The van der Waals surface area contributed by atoms with Gasteiger partial charge in [-0.3, -0.25) is 19.8 Å². The summed E-state index contributed by atoms with van der Waals surface area (Å²) < 4.78 is 14.5. The molecule has 0 aromatic heterocycles. The minimum Gasteiger partial charge on any atom is -0.266 e. The van der Waals surface area contributed by atoms with E-state index in [1.807, 2.05) is 0 Å². The van der Waals surface area contributed by atoms with Crippen LogP contribution in [0.3, 0.4) is 0 Å². The Labute approximate surface area is 175 Å². The van der Waals surface area contributed by atoms with Gasteiger partial charge in [-0.05, 0) is 48.5 Å². The summed E-state index contributed by atoms with van der Waals surface area (Å²) in [6.07, 6.45) is 1.33. The molecule has 0 bridgehead atoms. The molecule has 0 fully saturated rings. The van der Waals surface area contributed by atoms with Crippen LogP contribution in [0.5, 0.6) is 0 Å². The van der Waals surface area contributed by atoms with Crippen LogP contribution >= 0.6 is 11.6 Å². The number of para-hydroxylation sites is 1. The van der Waals surface area contributed by atoms with Gasteiger partial charge in [0.25, 0.3) is 11.6 Å². The largest absolute Gasteiger partial charge is 0.282 e. The SMILES string of the molecule is O=C1/C(=C\c2ccccc2[N+](=O)[O-])N=C(c2ccccc2F)N1c1ccc(Cl)cc1. The highest BCUT2D eigenvalue weighted by Gasteiger charge is 2.34. The number of benzene rings is 3. The second-order valence-electron chi connectivity index (χ2n) is 6.38. The molecule has 0 saturated heterocycles. The van der Waals surface area contributed by atoms with Gasteiger partial charge < -0.3 is 0 Å². The van der Waals surface area contributed by atoms with Crippen LogP contribution in [0.25, 0.3) is 6.08 Å². The Kier molecular flexibility index (Phi) is 5.12. The third-order valence-electron chi connectivity index (χ3n) is 4.49. The molecule has 30 heavy (non-hydrogen) atoms. The standard InChI is InChI=1S/C22H13ClFN3O3/c23-15-9-11-16(12-10-15)26-21(17-6-2-3-7-18(17)24)25-19(22(26)28)13-14-5-1-4-8-20(14)27(29)30/h1-13H/b19-13+. The van der Waals surface area contributed by atoms with Gasteiger partial charge >= 0.3 is 0 Å². The van der Waals surface area contributed by atoms with E-state index in [4.69, 9.17) is 11.6 Å². The van der Waals surface area contributed by atoms with Crippen LogP contribution in [0.1, 0.15) is 11.1 Å². The maximum atomic E-state index is 14.5. The van der Waals surface area contributed by atoms with Crippen molar-refractivity contribution in [3.63, 3.8) is 0 Å². The molecule has 0 atom stereocenters. The van der Waals surface area contributed by atoms with E-state index in [2.05, 4.69) is 4.99 Å². The first-order valence-electron chi connectivity index (χ1n) is 8.84. The van der Waals surface area contributed by atoms with Crippen molar-refractivity contribution < 1.29 is 14.1 Å². The number of amidine groups is 1. The number of aliphatic imine (C=N–C) groups is 1. The fourth-order valence-corrected chi connectivity index (χ4v) is 3.22.